The summed E-state index contributed by atoms with van der Waals surface area (Å²) in [6.07, 6.45) is -2.69. The second kappa shape index (κ2) is 8.82. The van der Waals surface area contributed by atoms with Crippen molar-refractivity contribution in [3.63, 3.8) is 0 Å². The van der Waals surface area contributed by atoms with Crippen LogP contribution in [0.4, 0.5) is 13.2 Å². The predicted octanol–water partition coefficient (Wildman–Crippen LogP) is 6.17. The molecule has 1 aliphatic rings. The summed E-state index contributed by atoms with van der Waals surface area (Å²) in [5, 5.41) is 0.628. The Morgan fingerprint density at radius 3 is 2.33 bits per heavy atom. The van der Waals surface area contributed by atoms with Gasteiger partial charge in [0.05, 0.1) is 30.2 Å². The number of alkyl halides is 3. The minimum atomic E-state index is -4.44. The molecule has 33 heavy (non-hydrogen) atoms. The van der Waals surface area contributed by atoms with Crippen molar-refractivity contribution >= 4 is 17.2 Å². The first-order valence-corrected chi connectivity index (χ1v) is 11.0. The Hall–Kier alpha value is -2.87. The number of pyridine rings is 1. The zero-order chi connectivity index (χ0) is 23.0. The van der Waals surface area contributed by atoms with Crippen molar-refractivity contribution < 1.29 is 17.9 Å². The molecule has 0 atom stereocenters. The molecular formula is C25H21ClF3N3O. The van der Waals surface area contributed by atoms with Gasteiger partial charge in [0.15, 0.2) is 0 Å². The number of halogens is 4. The summed E-state index contributed by atoms with van der Waals surface area (Å²) in [5.74, 6) is 0. The Kier molecular flexibility index (Phi) is 5.86. The molecule has 4 nitrogen and oxygen atoms in total. The lowest BCUT2D eigenvalue weighted by atomic mass is 10.0. The summed E-state index contributed by atoms with van der Waals surface area (Å²) in [6, 6.07) is 16.5. The molecule has 0 aliphatic carbocycles. The Morgan fingerprint density at radius 1 is 0.909 bits per heavy atom. The molecule has 2 aromatic carbocycles. The molecule has 8 heteroatoms. The monoisotopic (exact) mass is 471 g/mol. The molecule has 0 bridgehead atoms. The summed E-state index contributed by atoms with van der Waals surface area (Å²) >= 11 is 6.07. The lowest BCUT2D eigenvalue weighted by Gasteiger charge is -2.26. The van der Waals surface area contributed by atoms with E-state index in [0.29, 0.717) is 36.0 Å². The zero-order valence-corrected chi connectivity index (χ0v) is 18.4. The SMILES string of the molecule is FC(F)(F)c1ccccc1-c1ccc2nc(-c3ccc(Cl)cc3)c(CN3CCOCC3)n2c1. The van der Waals surface area contributed by atoms with Gasteiger partial charge in [-0.2, -0.15) is 13.2 Å². The van der Waals surface area contributed by atoms with Crippen molar-refractivity contribution in [1.29, 1.82) is 0 Å². The van der Waals surface area contributed by atoms with Gasteiger partial charge in [0.25, 0.3) is 0 Å². The summed E-state index contributed by atoms with van der Waals surface area (Å²) in [6.45, 7) is 3.47. The zero-order valence-electron chi connectivity index (χ0n) is 17.6. The standard InChI is InChI=1S/C25H21ClF3N3O/c26-19-8-5-17(6-9-19)24-22(16-31-11-13-33-14-12-31)32-15-18(7-10-23(32)30-24)20-3-1-2-4-21(20)25(27,28)29/h1-10,15H,11-14,16H2. The Morgan fingerprint density at radius 2 is 1.61 bits per heavy atom. The van der Waals surface area contributed by atoms with Crippen LogP contribution in [0.25, 0.3) is 28.0 Å². The third kappa shape index (κ3) is 4.49. The van der Waals surface area contributed by atoms with Crippen LogP contribution in [-0.2, 0) is 17.5 Å². The summed E-state index contributed by atoms with van der Waals surface area (Å²) < 4.78 is 48.3. The third-order valence-corrected chi connectivity index (χ3v) is 6.11. The quantitative estimate of drug-likeness (QED) is 0.356. The number of rotatable bonds is 4. The molecule has 1 saturated heterocycles. The number of aromatic nitrogens is 2. The number of ether oxygens (including phenoxy) is 1. The number of benzene rings is 2. The molecule has 0 unspecified atom stereocenters. The van der Waals surface area contributed by atoms with E-state index >= 15 is 0 Å². The van der Waals surface area contributed by atoms with Crippen LogP contribution in [0.15, 0.2) is 66.9 Å². The molecule has 4 aromatic rings. The first-order chi connectivity index (χ1) is 15.9. The van der Waals surface area contributed by atoms with Crippen LogP contribution in [0.1, 0.15) is 11.3 Å². The highest BCUT2D eigenvalue weighted by atomic mass is 35.5. The fourth-order valence-corrected chi connectivity index (χ4v) is 4.32. The topological polar surface area (TPSA) is 29.8 Å². The average Bonchev–Trinajstić information content (AvgIpc) is 3.17. The molecule has 0 amide bonds. The van der Waals surface area contributed by atoms with Gasteiger partial charge in [-0.15, -0.1) is 0 Å². The van der Waals surface area contributed by atoms with E-state index in [0.717, 1.165) is 36.1 Å². The van der Waals surface area contributed by atoms with Crippen LogP contribution < -0.4 is 0 Å². The van der Waals surface area contributed by atoms with Crippen molar-refractivity contribution in [3.8, 4) is 22.4 Å². The minimum Gasteiger partial charge on any atom is -0.379 e. The number of hydrogen-bond acceptors (Lipinski definition) is 3. The fraction of sp³-hybridized carbons (Fsp3) is 0.240. The van der Waals surface area contributed by atoms with E-state index in [9.17, 15) is 13.2 Å². The van der Waals surface area contributed by atoms with Gasteiger partial charge in [0.1, 0.15) is 5.65 Å². The molecule has 3 heterocycles. The lowest BCUT2D eigenvalue weighted by Crippen LogP contribution is -2.36. The van der Waals surface area contributed by atoms with Gasteiger partial charge in [-0.05, 0) is 41.5 Å². The maximum Gasteiger partial charge on any atom is 0.417 e. The third-order valence-electron chi connectivity index (χ3n) is 5.86. The van der Waals surface area contributed by atoms with Gasteiger partial charge in [-0.3, -0.25) is 4.90 Å². The Labute approximate surface area is 194 Å². The summed E-state index contributed by atoms with van der Waals surface area (Å²) in [4.78, 5) is 7.09. The van der Waals surface area contributed by atoms with E-state index < -0.39 is 11.7 Å². The van der Waals surface area contributed by atoms with E-state index in [2.05, 4.69) is 4.90 Å². The van der Waals surface area contributed by atoms with Crippen molar-refractivity contribution in [2.75, 3.05) is 26.3 Å². The molecular weight excluding hydrogens is 451 g/mol. The van der Waals surface area contributed by atoms with Crippen molar-refractivity contribution in [3.05, 3.63) is 83.1 Å². The second-order valence-corrected chi connectivity index (χ2v) is 8.43. The van der Waals surface area contributed by atoms with Gasteiger partial charge in [-0.25, -0.2) is 4.98 Å². The van der Waals surface area contributed by atoms with E-state index in [1.165, 1.54) is 12.1 Å². The van der Waals surface area contributed by atoms with Gasteiger partial charge in [-0.1, -0.05) is 41.9 Å². The van der Waals surface area contributed by atoms with Gasteiger partial charge in [0, 0.05) is 36.4 Å². The molecule has 1 fully saturated rings. The molecule has 0 saturated carbocycles. The normalized spacial score (nSPS) is 15.3. The second-order valence-electron chi connectivity index (χ2n) is 7.99. The number of imidazole rings is 1. The molecule has 5 rings (SSSR count). The van der Waals surface area contributed by atoms with Crippen LogP contribution in [0.2, 0.25) is 5.02 Å². The van der Waals surface area contributed by atoms with Crippen LogP contribution in [-0.4, -0.2) is 40.6 Å². The highest BCUT2D eigenvalue weighted by molar-refractivity contribution is 6.30. The van der Waals surface area contributed by atoms with E-state index in [1.54, 1.807) is 24.4 Å². The molecule has 1 aliphatic heterocycles. The van der Waals surface area contributed by atoms with Crippen LogP contribution in [0.5, 0.6) is 0 Å². The van der Waals surface area contributed by atoms with Crippen molar-refractivity contribution in [1.82, 2.24) is 14.3 Å². The maximum absolute atomic E-state index is 13.6. The molecule has 2 aromatic heterocycles. The first kappa shape index (κ1) is 21.9. The minimum absolute atomic E-state index is 0.144. The summed E-state index contributed by atoms with van der Waals surface area (Å²) in [5.41, 5.74) is 3.27. The number of morpholine rings is 1. The van der Waals surface area contributed by atoms with E-state index in [1.807, 2.05) is 28.7 Å². The van der Waals surface area contributed by atoms with Crippen molar-refractivity contribution in [2.45, 2.75) is 12.7 Å². The first-order valence-electron chi connectivity index (χ1n) is 10.6. The predicted molar refractivity (Wildman–Crippen MR) is 122 cm³/mol. The van der Waals surface area contributed by atoms with E-state index in [-0.39, 0.29) is 5.56 Å². The Balaban J connectivity index is 1.66. The average molecular weight is 472 g/mol. The van der Waals surface area contributed by atoms with Gasteiger partial charge < -0.3 is 9.14 Å². The number of hydrogen-bond donors (Lipinski definition) is 0. The smallest absolute Gasteiger partial charge is 0.379 e. The lowest BCUT2D eigenvalue weighted by molar-refractivity contribution is -0.137. The molecule has 0 spiro atoms. The summed E-state index contributed by atoms with van der Waals surface area (Å²) in [7, 11) is 0. The Bertz CT molecular complexity index is 1280. The van der Waals surface area contributed by atoms with Crippen LogP contribution in [0.3, 0.4) is 0 Å². The van der Waals surface area contributed by atoms with Crippen molar-refractivity contribution in [2.24, 2.45) is 0 Å². The van der Waals surface area contributed by atoms with E-state index in [4.69, 9.17) is 21.3 Å². The number of nitrogens with zero attached hydrogens (tertiary/aromatic N) is 3. The number of fused-ring (bicyclic) bond motifs is 1. The highest BCUT2D eigenvalue weighted by Crippen LogP contribution is 2.37. The fourth-order valence-electron chi connectivity index (χ4n) is 4.20. The molecule has 0 N–H and O–H groups in total. The van der Waals surface area contributed by atoms with Gasteiger partial charge >= 0.3 is 6.18 Å². The van der Waals surface area contributed by atoms with Crippen LogP contribution in [0, 0.1) is 0 Å². The maximum atomic E-state index is 13.6. The largest absolute Gasteiger partial charge is 0.417 e. The molecule has 0 radical (unpaired) electrons. The van der Waals surface area contributed by atoms with Crippen LogP contribution >= 0.6 is 11.6 Å². The molecule has 170 valence electrons. The highest BCUT2D eigenvalue weighted by Gasteiger charge is 2.33. The van der Waals surface area contributed by atoms with Gasteiger partial charge in [0.2, 0.25) is 0 Å².